The molecule has 1 fully saturated rings. The van der Waals surface area contributed by atoms with Gasteiger partial charge in [0.1, 0.15) is 0 Å². The molecule has 0 saturated carbocycles. The first-order valence-electron chi connectivity index (χ1n) is 11.2. The molecule has 1 aliphatic heterocycles. The summed E-state index contributed by atoms with van der Waals surface area (Å²) in [7, 11) is 1.83. The number of ether oxygens (including phenoxy) is 1. The van der Waals surface area contributed by atoms with Gasteiger partial charge in [-0.05, 0) is 37.4 Å². The minimum atomic E-state index is 0. The fourth-order valence-corrected chi connectivity index (χ4v) is 3.50. The van der Waals surface area contributed by atoms with Crippen molar-refractivity contribution in [3.8, 4) is 0 Å². The van der Waals surface area contributed by atoms with E-state index >= 15 is 0 Å². The first kappa shape index (κ1) is 27.1. The second kappa shape index (κ2) is 16.8. The number of benzene rings is 1. The summed E-state index contributed by atoms with van der Waals surface area (Å²) in [6, 6.07) is 10.3. The molecule has 2 rings (SSSR count). The van der Waals surface area contributed by atoms with E-state index in [0.29, 0.717) is 12.5 Å². The highest BCUT2D eigenvalue weighted by Crippen LogP contribution is 2.04. The predicted molar refractivity (Wildman–Crippen MR) is 138 cm³/mol. The smallest absolute Gasteiger partial charge is 0.190 e. The van der Waals surface area contributed by atoms with Gasteiger partial charge in [-0.2, -0.15) is 0 Å². The Morgan fingerprint density at radius 1 is 1.07 bits per heavy atom. The van der Waals surface area contributed by atoms with Crippen molar-refractivity contribution in [3.63, 3.8) is 0 Å². The summed E-state index contributed by atoms with van der Waals surface area (Å²) in [4.78, 5) is 9.45. The van der Waals surface area contributed by atoms with Crippen LogP contribution in [-0.4, -0.2) is 81.8 Å². The zero-order valence-electron chi connectivity index (χ0n) is 19.1. The van der Waals surface area contributed by atoms with Crippen LogP contribution in [0.1, 0.15) is 32.3 Å². The van der Waals surface area contributed by atoms with Gasteiger partial charge in [0.25, 0.3) is 0 Å². The molecule has 30 heavy (non-hydrogen) atoms. The standard InChI is InChI=1S/C23H41N5O.HI/c1-4-27-14-16-28(17-15-27)13-9-8-12-25-23(24-3)26-18-21(2)19-29-20-22-10-6-5-7-11-22;/h5-7,10-11,21H,4,8-9,12-20H2,1-3H3,(H2,24,25,26);1H. The first-order valence-corrected chi connectivity index (χ1v) is 11.2. The molecule has 1 heterocycles. The van der Waals surface area contributed by atoms with Crippen LogP contribution < -0.4 is 10.6 Å². The van der Waals surface area contributed by atoms with E-state index in [1.54, 1.807) is 0 Å². The molecule has 7 heteroatoms. The third-order valence-corrected chi connectivity index (χ3v) is 5.46. The Hall–Kier alpha value is -0.900. The Morgan fingerprint density at radius 3 is 2.43 bits per heavy atom. The molecule has 0 radical (unpaired) electrons. The molecule has 1 aromatic rings. The van der Waals surface area contributed by atoms with Crippen LogP contribution in [0.3, 0.4) is 0 Å². The molecular formula is C23H42IN5O. The van der Waals surface area contributed by atoms with Crippen LogP contribution in [0.5, 0.6) is 0 Å². The van der Waals surface area contributed by atoms with Crippen molar-refractivity contribution in [1.29, 1.82) is 0 Å². The Bertz CT molecular complexity index is 564. The van der Waals surface area contributed by atoms with Crippen molar-refractivity contribution < 1.29 is 4.74 Å². The summed E-state index contributed by atoms with van der Waals surface area (Å²) < 4.78 is 5.82. The normalized spacial score (nSPS) is 16.7. The van der Waals surface area contributed by atoms with Crippen LogP contribution in [0.4, 0.5) is 0 Å². The number of guanidine groups is 1. The zero-order chi connectivity index (χ0) is 20.7. The van der Waals surface area contributed by atoms with Gasteiger partial charge >= 0.3 is 0 Å². The SMILES string of the molecule is CCN1CCN(CCCCNC(=NC)NCC(C)COCc2ccccc2)CC1.I. The van der Waals surface area contributed by atoms with E-state index in [4.69, 9.17) is 4.74 Å². The van der Waals surface area contributed by atoms with Crippen molar-refractivity contribution in [2.75, 3.05) is 66.0 Å². The lowest BCUT2D eigenvalue weighted by Gasteiger charge is -2.34. The van der Waals surface area contributed by atoms with Crippen molar-refractivity contribution in [1.82, 2.24) is 20.4 Å². The molecule has 6 nitrogen and oxygen atoms in total. The number of hydrogen-bond donors (Lipinski definition) is 2. The molecule has 1 aromatic carbocycles. The van der Waals surface area contributed by atoms with Crippen molar-refractivity contribution >= 4 is 29.9 Å². The number of piperazine rings is 1. The van der Waals surface area contributed by atoms with E-state index in [-0.39, 0.29) is 24.0 Å². The molecule has 2 N–H and O–H groups in total. The minimum Gasteiger partial charge on any atom is -0.376 e. The second-order valence-corrected chi connectivity index (χ2v) is 7.97. The Balaban J connectivity index is 0.00000450. The van der Waals surface area contributed by atoms with Gasteiger partial charge in [0.2, 0.25) is 0 Å². The highest BCUT2D eigenvalue weighted by atomic mass is 127. The van der Waals surface area contributed by atoms with Gasteiger partial charge in [-0.1, -0.05) is 44.2 Å². The van der Waals surface area contributed by atoms with Gasteiger partial charge in [-0.15, -0.1) is 24.0 Å². The fourth-order valence-electron chi connectivity index (χ4n) is 3.50. The summed E-state index contributed by atoms with van der Waals surface area (Å²) in [6.45, 7) is 15.0. The molecule has 0 aromatic heterocycles. The second-order valence-electron chi connectivity index (χ2n) is 7.97. The average molecular weight is 532 g/mol. The van der Waals surface area contributed by atoms with E-state index in [1.807, 2.05) is 25.2 Å². The summed E-state index contributed by atoms with van der Waals surface area (Å²) in [5.74, 6) is 1.32. The molecule has 0 amide bonds. The van der Waals surface area contributed by atoms with Gasteiger partial charge in [0.05, 0.1) is 13.2 Å². The van der Waals surface area contributed by atoms with Gasteiger partial charge < -0.3 is 25.2 Å². The molecule has 1 unspecified atom stereocenters. The number of unbranched alkanes of at least 4 members (excludes halogenated alkanes) is 1. The maximum Gasteiger partial charge on any atom is 0.190 e. The third-order valence-electron chi connectivity index (χ3n) is 5.46. The molecule has 1 atom stereocenters. The van der Waals surface area contributed by atoms with E-state index < -0.39 is 0 Å². The zero-order valence-corrected chi connectivity index (χ0v) is 21.4. The highest BCUT2D eigenvalue weighted by molar-refractivity contribution is 14.0. The molecule has 1 saturated heterocycles. The summed E-state index contributed by atoms with van der Waals surface area (Å²) in [5, 5.41) is 6.84. The molecule has 0 bridgehead atoms. The maximum atomic E-state index is 5.82. The van der Waals surface area contributed by atoms with Crippen molar-refractivity contribution in [2.45, 2.75) is 33.3 Å². The number of hydrogen-bond acceptors (Lipinski definition) is 4. The van der Waals surface area contributed by atoms with E-state index in [1.165, 1.54) is 57.7 Å². The number of aliphatic imine (C=N–C) groups is 1. The number of likely N-dealkylation sites (N-methyl/N-ethyl adjacent to an activating group) is 1. The third kappa shape index (κ3) is 11.5. The minimum absolute atomic E-state index is 0. The monoisotopic (exact) mass is 531 g/mol. The Labute approximate surface area is 200 Å². The predicted octanol–water partition coefficient (Wildman–Crippen LogP) is 3.04. The van der Waals surface area contributed by atoms with Gasteiger partial charge in [0.15, 0.2) is 5.96 Å². The maximum absolute atomic E-state index is 5.82. The lowest BCUT2D eigenvalue weighted by Crippen LogP contribution is -2.46. The van der Waals surface area contributed by atoms with E-state index in [0.717, 1.165) is 25.7 Å². The van der Waals surface area contributed by atoms with Crippen molar-refractivity contribution in [3.05, 3.63) is 35.9 Å². The number of rotatable bonds is 12. The lowest BCUT2D eigenvalue weighted by molar-refractivity contribution is 0.0931. The van der Waals surface area contributed by atoms with Gasteiger partial charge in [-0.3, -0.25) is 4.99 Å². The topological polar surface area (TPSA) is 52.1 Å². The lowest BCUT2D eigenvalue weighted by atomic mass is 10.2. The van der Waals surface area contributed by atoms with Crippen LogP contribution in [0, 0.1) is 5.92 Å². The Kier molecular flexibility index (Phi) is 15.2. The van der Waals surface area contributed by atoms with E-state index in [2.05, 4.69) is 51.4 Å². The quantitative estimate of drug-likeness (QED) is 0.188. The fraction of sp³-hybridized carbons (Fsp3) is 0.696. The van der Waals surface area contributed by atoms with Crippen LogP contribution >= 0.6 is 24.0 Å². The van der Waals surface area contributed by atoms with Crippen LogP contribution in [0.25, 0.3) is 0 Å². The molecule has 0 spiro atoms. The van der Waals surface area contributed by atoms with Crippen molar-refractivity contribution in [2.24, 2.45) is 10.9 Å². The molecule has 1 aliphatic rings. The molecule has 172 valence electrons. The van der Waals surface area contributed by atoms with Crippen LogP contribution in [-0.2, 0) is 11.3 Å². The summed E-state index contributed by atoms with van der Waals surface area (Å²) in [6.07, 6.45) is 2.41. The largest absolute Gasteiger partial charge is 0.376 e. The first-order chi connectivity index (χ1) is 14.2. The van der Waals surface area contributed by atoms with Gasteiger partial charge in [0, 0.05) is 46.3 Å². The Morgan fingerprint density at radius 2 is 1.77 bits per heavy atom. The van der Waals surface area contributed by atoms with Crippen LogP contribution in [0.2, 0.25) is 0 Å². The molecule has 0 aliphatic carbocycles. The number of nitrogens with zero attached hydrogens (tertiary/aromatic N) is 3. The van der Waals surface area contributed by atoms with Gasteiger partial charge in [-0.25, -0.2) is 0 Å². The molecular weight excluding hydrogens is 489 g/mol. The van der Waals surface area contributed by atoms with Crippen LogP contribution in [0.15, 0.2) is 35.3 Å². The summed E-state index contributed by atoms with van der Waals surface area (Å²) >= 11 is 0. The number of nitrogens with one attached hydrogen (secondary N) is 2. The number of halogens is 1. The average Bonchev–Trinajstić information content (AvgIpc) is 2.76. The van der Waals surface area contributed by atoms with E-state index in [9.17, 15) is 0 Å². The summed E-state index contributed by atoms with van der Waals surface area (Å²) in [5.41, 5.74) is 1.22. The highest BCUT2D eigenvalue weighted by Gasteiger charge is 2.14.